The van der Waals surface area contributed by atoms with E-state index in [0.717, 1.165) is 36.3 Å². The number of urea groups is 1. The zero-order valence-corrected chi connectivity index (χ0v) is 18.2. The molecule has 3 heterocycles. The van der Waals surface area contributed by atoms with Crippen LogP contribution in [-0.2, 0) is 11.3 Å². The zero-order valence-electron chi connectivity index (χ0n) is 18.2. The van der Waals surface area contributed by atoms with Crippen LogP contribution in [0, 0.1) is 0 Å². The Balaban J connectivity index is 1.42. The Morgan fingerprint density at radius 1 is 1.16 bits per heavy atom. The van der Waals surface area contributed by atoms with Crippen molar-refractivity contribution in [2.24, 2.45) is 0 Å². The summed E-state index contributed by atoms with van der Waals surface area (Å²) in [5, 5.41) is 5.93. The summed E-state index contributed by atoms with van der Waals surface area (Å²) >= 11 is 0. The molecule has 1 spiro atoms. The Hall–Kier alpha value is -2.96. The molecule has 1 saturated heterocycles. The maximum absolute atomic E-state index is 12.7. The maximum Gasteiger partial charge on any atom is 0.317 e. The summed E-state index contributed by atoms with van der Waals surface area (Å²) in [6.07, 6.45) is 4.31. The fourth-order valence-electron chi connectivity index (χ4n) is 4.58. The van der Waals surface area contributed by atoms with Crippen molar-refractivity contribution in [1.82, 2.24) is 15.5 Å². The van der Waals surface area contributed by atoms with Gasteiger partial charge in [0.15, 0.2) is 0 Å². The predicted octanol–water partition coefficient (Wildman–Crippen LogP) is 3.80. The molecule has 3 amide bonds. The second-order valence-corrected chi connectivity index (χ2v) is 8.88. The van der Waals surface area contributed by atoms with E-state index in [1.165, 1.54) is 0 Å². The molecule has 2 aliphatic heterocycles. The lowest BCUT2D eigenvalue weighted by molar-refractivity contribution is -0.122. The molecule has 7 nitrogen and oxygen atoms in total. The van der Waals surface area contributed by atoms with Crippen LogP contribution in [0.3, 0.4) is 0 Å². The number of ether oxygens (including phenoxy) is 1. The van der Waals surface area contributed by atoms with Gasteiger partial charge in [-0.2, -0.15) is 0 Å². The average molecular weight is 426 g/mol. The second kappa shape index (κ2) is 9.04. The summed E-state index contributed by atoms with van der Waals surface area (Å²) in [4.78, 5) is 26.9. The minimum Gasteiger partial charge on any atom is -0.487 e. The molecule has 2 N–H and O–H groups in total. The van der Waals surface area contributed by atoms with E-state index in [1.54, 1.807) is 6.26 Å². The SMILES string of the molecule is CC(C)NC(=O)N1CCC2(CC1)CC(CC(=O)NCc1ccco1)c1ccccc1O2. The Labute approximate surface area is 183 Å². The van der Waals surface area contributed by atoms with Gasteiger partial charge in [0.05, 0.1) is 12.8 Å². The number of hydrogen-bond acceptors (Lipinski definition) is 4. The number of rotatable bonds is 5. The van der Waals surface area contributed by atoms with Gasteiger partial charge in [-0.05, 0) is 44.0 Å². The van der Waals surface area contributed by atoms with Gasteiger partial charge in [0.25, 0.3) is 0 Å². The highest BCUT2D eigenvalue weighted by Crippen LogP contribution is 2.46. The Morgan fingerprint density at radius 2 is 1.94 bits per heavy atom. The first kappa shape index (κ1) is 21.3. The molecule has 0 saturated carbocycles. The topological polar surface area (TPSA) is 83.8 Å². The molecule has 1 fully saturated rings. The minimum atomic E-state index is -0.338. The van der Waals surface area contributed by atoms with Crippen LogP contribution in [0.2, 0.25) is 0 Å². The van der Waals surface area contributed by atoms with Crippen molar-refractivity contribution in [2.75, 3.05) is 13.1 Å². The monoisotopic (exact) mass is 425 g/mol. The first-order valence-electron chi connectivity index (χ1n) is 11.1. The lowest BCUT2D eigenvalue weighted by atomic mass is 9.76. The van der Waals surface area contributed by atoms with E-state index >= 15 is 0 Å². The van der Waals surface area contributed by atoms with Crippen LogP contribution in [0.25, 0.3) is 0 Å². The van der Waals surface area contributed by atoms with Gasteiger partial charge in [0.1, 0.15) is 17.1 Å². The number of piperidine rings is 1. The normalized spacial score (nSPS) is 19.6. The van der Waals surface area contributed by atoms with Gasteiger partial charge in [-0.25, -0.2) is 4.79 Å². The molecule has 31 heavy (non-hydrogen) atoms. The highest BCUT2D eigenvalue weighted by Gasteiger charge is 2.44. The Morgan fingerprint density at radius 3 is 2.65 bits per heavy atom. The molecule has 7 heteroatoms. The second-order valence-electron chi connectivity index (χ2n) is 8.88. The third-order valence-electron chi connectivity index (χ3n) is 6.15. The Kier molecular flexibility index (Phi) is 6.20. The molecule has 1 aromatic carbocycles. The van der Waals surface area contributed by atoms with E-state index in [0.29, 0.717) is 26.1 Å². The number of benzene rings is 1. The number of amides is 3. The number of carbonyl (C=O) groups is 2. The lowest BCUT2D eigenvalue weighted by Gasteiger charge is -2.47. The largest absolute Gasteiger partial charge is 0.487 e. The number of nitrogens with one attached hydrogen (secondary N) is 2. The minimum absolute atomic E-state index is 0.00185. The molecule has 1 unspecified atom stereocenters. The maximum atomic E-state index is 12.7. The number of nitrogens with zero attached hydrogens (tertiary/aromatic N) is 1. The molecule has 4 rings (SSSR count). The number of para-hydroxylation sites is 1. The zero-order chi connectivity index (χ0) is 21.8. The van der Waals surface area contributed by atoms with E-state index in [2.05, 4.69) is 16.7 Å². The van der Waals surface area contributed by atoms with E-state index in [1.807, 2.05) is 49.1 Å². The van der Waals surface area contributed by atoms with Gasteiger partial charge >= 0.3 is 6.03 Å². The van der Waals surface area contributed by atoms with Crippen LogP contribution in [0.5, 0.6) is 5.75 Å². The van der Waals surface area contributed by atoms with Gasteiger partial charge < -0.3 is 24.7 Å². The van der Waals surface area contributed by atoms with Crippen molar-refractivity contribution in [3.8, 4) is 5.75 Å². The molecular formula is C24H31N3O4. The number of furan rings is 1. The highest BCUT2D eigenvalue weighted by molar-refractivity contribution is 5.77. The van der Waals surface area contributed by atoms with Crippen molar-refractivity contribution in [3.05, 3.63) is 54.0 Å². The first-order chi connectivity index (χ1) is 14.9. The van der Waals surface area contributed by atoms with Crippen molar-refractivity contribution in [3.63, 3.8) is 0 Å². The van der Waals surface area contributed by atoms with Crippen LogP contribution in [0.4, 0.5) is 4.79 Å². The molecule has 0 aliphatic carbocycles. The molecule has 2 aliphatic rings. The van der Waals surface area contributed by atoms with Crippen molar-refractivity contribution < 1.29 is 18.7 Å². The van der Waals surface area contributed by atoms with Crippen LogP contribution in [0.1, 0.15) is 56.8 Å². The summed E-state index contributed by atoms with van der Waals surface area (Å²) in [6, 6.07) is 11.8. The van der Waals surface area contributed by atoms with E-state index in [4.69, 9.17) is 9.15 Å². The third kappa shape index (κ3) is 5.03. The number of carbonyl (C=O) groups excluding carboxylic acids is 2. The van der Waals surface area contributed by atoms with Gasteiger partial charge in [-0.1, -0.05) is 18.2 Å². The summed E-state index contributed by atoms with van der Waals surface area (Å²) in [6.45, 7) is 5.62. The van der Waals surface area contributed by atoms with Crippen LogP contribution in [-0.4, -0.2) is 41.6 Å². The van der Waals surface area contributed by atoms with Gasteiger partial charge in [0.2, 0.25) is 5.91 Å². The molecule has 2 aromatic rings. The van der Waals surface area contributed by atoms with Crippen LogP contribution in [0.15, 0.2) is 47.1 Å². The van der Waals surface area contributed by atoms with Crippen molar-refractivity contribution in [1.29, 1.82) is 0 Å². The predicted molar refractivity (Wildman–Crippen MR) is 117 cm³/mol. The van der Waals surface area contributed by atoms with E-state index in [-0.39, 0.29) is 29.5 Å². The van der Waals surface area contributed by atoms with Crippen LogP contribution < -0.4 is 15.4 Å². The fraction of sp³-hybridized carbons (Fsp3) is 0.500. The summed E-state index contributed by atoms with van der Waals surface area (Å²) in [5.74, 6) is 1.68. The number of fused-ring (bicyclic) bond motifs is 1. The quantitative estimate of drug-likeness (QED) is 0.763. The molecule has 1 aromatic heterocycles. The highest BCUT2D eigenvalue weighted by atomic mass is 16.5. The van der Waals surface area contributed by atoms with Crippen LogP contribution >= 0.6 is 0 Å². The van der Waals surface area contributed by atoms with E-state index < -0.39 is 0 Å². The fourth-order valence-corrected chi connectivity index (χ4v) is 4.58. The molecular weight excluding hydrogens is 394 g/mol. The molecule has 1 atom stereocenters. The van der Waals surface area contributed by atoms with Gasteiger partial charge in [0, 0.05) is 44.3 Å². The number of likely N-dealkylation sites (tertiary alicyclic amines) is 1. The van der Waals surface area contributed by atoms with Crippen molar-refractivity contribution in [2.45, 2.75) is 63.6 Å². The first-order valence-corrected chi connectivity index (χ1v) is 11.1. The standard InChI is InChI=1S/C24H31N3O4/c1-17(2)26-23(29)27-11-9-24(10-12-27)15-18(20-7-3-4-8-21(20)31-24)14-22(28)25-16-19-6-5-13-30-19/h3-8,13,17-18H,9-12,14-16H2,1-2H3,(H,25,28)(H,26,29). The molecule has 166 valence electrons. The third-order valence-corrected chi connectivity index (χ3v) is 6.15. The van der Waals surface area contributed by atoms with Gasteiger partial charge in [-0.15, -0.1) is 0 Å². The molecule has 0 bridgehead atoms. The number of hydrogen-bond donors (Lipinski definition) is 2. The summed E-state index contributed by atoms with van der Waals surface area (Å²) in [7, 11) is 0. The van der Waals surface area contributed by atoms with E-state index in [9.17, 15) is 9.59 Å². The van der Waals surface area contributed by atoms with Gasteiger partial charge in [-0.3, -0.25) is 4.79 Å². The van der Waals surface area contributed by atoms with Crippen molar-refractivity contribution >= 4 is 11.9 Å². The molecule has 0 radical (unpaired) electrons. The summed E-state index contributed by atoms with van der Waals surface area (Å²) in [5.41, 5.74) is 0.746. The Bertz CT molecular complexity index is 901. The lowest BCUT2D eigenvalue weighted by Crippen LogP contribution is -2.54. The smallest absolute Gasteiger partial charge is 0.317 e. The average Bonchev–Trinajstić information content (AvgIpc) is 3.26. The summed E-state index contributed by atoms with van der Waals surface area (Å²) < 4.78 is 11.8.